The first-order valence-corrected chi connectivity index (χ1v) is 6.00. The molecule has 0 bridgehead atoms. The number of hydrogen-bond donors (Lipinski definition) is 1. The quantitative estimate of drug-likeness (QED) is 0.687. The van der Waals surface area contributed by atoms with Crippen molar-refractivity contribution in [2.45, 2.75) is 58.4 Å². The van der Waals surface area contributed by atoms with Gasteiger partial charge in [0.2, 0.25) is 0 Å². The highest BCUT2D eigenvalue weighted by Gasteiger charge is 2.48. The highest BCUT2D eigenvalue weighted by atomic mass is 14.9. The molecule has 2 aliphatic rings. The normalized spacial score (nSPS) is 28.2. The summed E-state index contributed by atoms with van der Waals surface area (Å²) in [6.07, 6.45) is 8.78. The Morgan fingerprint density at radius 1 is 1.38 bits per heavy atom. The third-order valence-electron chi connectivity index (χ3n) is 4.21. The van der Waals surface area contributed by atoms with Crippen molar-refractivity contribution >= 4 is 0 Å². The molecule has 1 heteroatoms. The van der Waals surface area contributed by atoms with Gasteiger partial charge in [-0.25, -0.2) is 0 Å². The molecule has 13 heavy (non-hydrogen) atoms. The fourth-order valence-electron chi connectivity index (χ4n) is 2.58. The first kappa shape index (κ1) is 9.51. The lowest BCUT2D eigenvalue weighted by molar-refractivity contribution is 0.0952. The zero-order chi connectivity index (χ0) is 9.31. The van der Waals surface area contributed by atoms with Crippen molar-refractivity contribution in [1.82, 2.24) is 5.32 Å². The Kier molecular flexibility index (Phi) is 2.64. The van der Waals surface area contributed by atoms with Crippen molar-refractivity contribution in [3.8, 4) is 0 Å². The molecule has 2 fully saturated rings. The summed E-state index contributed by atoms with van der Waals surface area (Å²) < 4.78 is 0. The maximum atomic E-state index is 3.70. The van der Waals surface area contributed by atoms with E-state index in [1.165, 1.54) is 45.1 Å². The van der Waals surface area contributed by atoms with Gasteiger partial charge in [0.1, 0.15) is 0 Å². The summed E-state index contributed by atoms with van der Waals surface area (Å²) in [6.45, 7) is 5.87. The topological polar surface area (TPSA) is 12.0 Å². The van der Waals surface area contributed by atoms with Crippen molar-refractivity contribution in [2.24, 2.45) is 11.3 Å². The molecule has 76 valence electrons. The van der Waals surface area contributed by atoms with Crippen molar-refractivity contribution in [3.63, 3.8) is 0 Å². The standard InChI is InChI=1S/C12H23N/c1-3-10(2)13-9-12(7-4-8-12)11-5-6-11/h10-11,13H,3-9H2,1-2H3. The molecule has 2 aliphatic carbocycles. The molecule has 0 aromatic rings. The van der Waals surface area contributed by atoms with Gasteiger partial charge >= 0.3 is 0 Å². The Balaban J connectivity index is 1.77. The van der Waals surface area contributed by atoms with E-state index in [9.17, 15) is 0 Å². The Bertz CT molecular complexity index is 168. The second kappa shape index (κ2) is 3.61. The fourth-order valence-corrected chi connectivity index (χ4v) is 2.58. The molecule has 2 rings (SSSR count). The van der Waals surface area contributed by atoms with Crippen LogP contribution in [0.1, 0.15) is 52.4 Å². The summed E-state index contributed by atoms with van der Waals surface area (Å²) >= 11 is 0. The molecule has 0 heterocycles. The monoisotopic (exact) mass is 181 g/mol. The van der Waals surface area contributed by atoms with Gasteiger partial charge in [0, 0.05) is 12.6 Å². The zero-order valence-electron chi connectivity index (χ0n) is 9.10. The third kappa shape index (κ3) is 1.90. The minimum atomic E-state index is 0.719. The van der Waals surface area contributed by atoms with Crippen LogP contribution in [0.2, 0.25) is 0 Å². The van der Waals surface area contributed by atoms with E-state index < -0.39 is 0 Å². The van der Waals surface area contributed by atoms with Crippen LogP contribution in [0.5, 0.6) is 0 Å². The van der Waals surface area contributed by atoms with Crippen LogP contribution in [0, 0.1) is 11.3 Å². The van der Waals surface area contributed by atoms with Crippen molar-refractivity contribution in [1.29, 1.82) is 0 Å². The third-order valence-corrected chi connectivity index (χ3v) is 4.21. The van der Waals surface area contributed by atoms with Gasteiger partial charge in [0.15, 0.2) is 0 Å². The molecule has 0 spiro atoms. The highest BCUT2D eigenvalue weighted by Crippen LogP contribution is 2.56. The Morgan fingerprint density at radius 2 is 2.08 bits per heavy atom. The maximum absolute atomic E-state index is 3.70. The van der Waals surface area contributed by atoms with Crippen LogP contribution in [-0.2, 0) is 0 Å². The van der Waals surface area contributed by atoms with Crippen LogP contribution in [0.25, 0.3) is 0 Å². The SMILES string of the molecule is CCC(C)NCC1(C2CC2)CCC1. The van der Waals surface area contributed by atoms with Crippen molar-refractivity contribution in [2.75, 3.05) is 6.54 Å². The van der Waals surface area contributed by atoms with E-state index in [0.29, 0.717) is 0 Å². The molecule has 2 saturated carbocycles. The summed E-state index contributed by atoms with van der Waals surface area (Å²) in [5, 5.41) is 3.70. The second-order valence-electron chi connectivity index (χ2n) is 5.18. The Morgan fingerprint density at radius 3 is 2.46 bits per heavy atom. The molecule has 1 atom stereocenters. The Labute approximate surface area is 82.3 Å². The van der Waals surface area contributed by atoms with E-state index in [1.807, 2.05) is 0 Å². The molecule has 0 amide bonds. The zero-order valence-corrected chi connectivity index (χ0v) is 9.10. The van der Waals surface area contributed by atoms with Crippen LogP contribution in [0.3, 0.4) is 0 Å². The van der Waals surface area contributed by atoms with E-state index in [1.54, 1.807) is 0 Å². The molecular formula is C12H23N. The van der Waals surface area contributed by atoms with Gasteiger partial charge in [-0.15, -0.1) is 0 Å². The van der Waals surface area contributed by atoms with Crippen LogP contribution in [-0.4, -0.2) is 12.6 Å². The molecule has 0 aromatic heterocycles. The highest BCUT2D eigenvalue weighted by molar-refractivity contribution is 5.00. The lowest BCUT2D eigenvalue weighted by atomic mass is 9.65. The number of hydrogen-bond acceptors (Lipinski definition) is 1. The summed E-state index contributed by atoms with van der Waals surface area (Å²) in [6, 6.07) is 0.719. The molecule has 0 aromatic carbocycles. The van der Waals surface area contributed by atoms with E-state index >= 15 is 0 Å². The van der Waals surface area contributed by atoms with Gasteiger partial charge in [-0.1, -0.05) is 13.3 Å². The Hall–Kier alpha value is -0.0400. The average molecular weight is 181 g/mol. The molecule has 1 N–H and O–H groups in total. The minimum absolute atomic E-state index is 0.719. The molecule has 1 unspecified atom stereocenters. The minimum Gasteiger partial charge on any atom is -0.314 e. The maximum Gasteiger partial charge on any atom is 0.00363 e. The van der Waals surface area contributed by atoms with Crippen LogP contribution in [0.15, 0.2) is 0 Å². The van der Waals surface area contributed by atoms with Gasteiger partial charge in [0.25, 0.3) is 0 Å². The molecule has 0 saturated heterocycles. The van der Waals surface area contributed by atoms with Crippen LogP contribution >= 0.6 is 0 Å². The predicted molar refractivity (Wildman–Crippen MR) is 56.8 cm³/mol. The summed E-state index contributed by atoms with van der Waals surface area (Å²) in [7, 11) is 0. The molecular weight excluding hydrogens is 158 g/mol. The van der Waals surface area contributed by atoms with Crippen molar-refractivity contribution in [3.05, 3.63) is 0 Å². The van der Waals surface area contributed by atoms with Gasteiger partial charge in [-0.3, -0.25) is 0 Å². The lowest BCUT2D eigenvalue weighted by Crippen LogP contribution is -2.44. The second-order valence-corrected chi connectivity index (χ2v) is 5.18. The largest absolute Gasteiger partial charge is 0.314 e. The first-order valence-electron chi connectivity index (χ1n) is 6.00. The van der Waals surface area contributed by atoms with Gasteiger partial charge < -0.3 is 5.32 Å². The van der Waals surface area contributed by atoms with Crippen LogP contribution in [0.4, 0.5) is 0 Å². The summed E-state index contributed by atoms with van der Waals surface area (Å²) in [5.41, 5.74) is 0.753. The average Bonchev–Trinajstić information content (AvgIpc) is 2.86. The first-order chi connectivity index (χ1) is 6.27. The summed E-state index contributed by atoms with van der Waals surface area (Å²) in [4.78, 5) is 0. The molecule has 1 nitrogen and oxygen atoms in total. The van der Waals surface area contributed by atoms with Gasteiger partial charge in [0.05, 0.1) is 0 Å². The van der Waals surface area contributed by atoms with E-state index in [0.717, 1.165) is 17.4 Å². The fraction of sp³-hybridized carbons (Fsp3) is 1.00. The predicted octanol–water partition coefficient (Wildman–Crippen LogP) is 2.95. The van der Waals surface area contributed by atoms with E-state index in [-0.39, 0.29) is 0 Å². The smallest absolute Gasteiger partial charge is 0.00363 e. The lowest BCUT2D eigenvalue weighted by Gasteiger charge is -2.43. The number of nitrogens with one attached hydrogen (secondary N) is 1. The van der Waals surface area contributed by atoms with Crippen LogP contribution < -0.4 is 5.32 Å². The number of rotatable bonds is 5. The van der Waals surface area contributed by atoms with Gasteiger partial charge in [-0.2, -0.15) is 0 Å². The van der Waals surface area contributed by atoms with Crippen molar-refractivity contribution < 1.29 is 0 Å². The van der Waals surface area contributed by atoms with E-state index in [4.69, 9.17) is 0 Å². The molecule has 0 aliphatic heterocycles. The van der Waals surface area contributed by atoms with Gasteiger partial charge in [-0.05, 0) is 50.4 Å². The molecule has 0 radical (unpaired) electrons. The van der Waals surface area contributed by atoms with E-state index in [2.05, 4.69) is 19.2 Å². The summed E-state index contributed by atoms with van der Waals surface area (Å²) in [5.74, 6) is 1.10.